The van der Waals surface area contributed by atoms with E-state index in [1.807, 2.05) is 30.3 Å². The third-order valence-electron chi connectivity index (χ3n) is 6.00. The van der Waals surface area contributed by atoms with Crippen molar-refractivity contribution in [1.82, 2.24) is 10.6 Å². The van der Waals surface area contributed by atoms with E-state index < -0.39 is 53.3 Å². The van der Waals surface area contributed by atoms with Crippen LogP contribution in [0.4, 0.5) is 18.9 Å². The van der Waals surface area contributed by atoms with Crippen LogP contribution in [0.1, 0.15) is 24.1 Å². The summed E-state index contributed by atoms with van der Waals surface area (Å²) < 4.78 is 40.6. The summed E-state index contributed by atoms with van der Waals surface area (Å²) in [5, 5.41) is 4.96. The number of halogens is 3. The predicted molar refractivity (Wildman–Crippen MR) is 123 cm³/mol. The summed E-state index contributed by atoms with van der Waals surface area (Å²) in [5.74, 6) is -6.84. The summed E-state index contributed by atoms with van der Waals surface area (Å²) in [4.78, 5) is 40.3. The van der Waals surface area contributed by atoms with Crippen molar-refractivity contribution in [3.8, 4) is 11.1 Å². The second kappa shape index (κ2) is 9.61. The molecule has 0 unspecified atom stereocenters. The van der Waals surface area contributed by atoms with Crippen molar-refractivity contribution in [2.75, 3.05) is 11.9 Å². The number of fused-ring (bicyclic) bond motifs is 3. The van der Waals surface area contributed by atoms with Crippen molar-refractivity contribution in [2.45, 2.75) is 19.5 Å². The van der Waals surface area contributed by atoms with E-state index in [1.54, 1.807) is 25.2 Å². The second-order valence-electron chi connectivity index (χ2n) is 8.24. The van der Waals surface area contributed by atoms with Gasteiger partial charge in [0.25, 0.3) is 5.91 Å². The van der Waals surface area contributed by atoms with Gasteiger partial charge in [-0.2, -0.15) is 0 Å². The lowest BCUT2D eigenvalue weighted by Crippen LogP contribution is -2.45. The SMILES string of the molecule is C[C@@H](C(=O)NCc1cc(F)cc(F)c1F)C(=O)N[C@@H]1C(=O)N(C)c2ccccc2-c2ccccc21. The number of anilines is 1. The summed E-state index contributed by atoms with van der Waals surface area (Å²) >= 11 is 0. The highest BCUT2D eigenvalue weighted by molar-refractivity contribution is 6.07. The Balaban J connectivity index is 1.53. The van der Waals surface area contributed by atoms with Crippen molar-refractivity contribution in [1.29, 1.82) is 0 Å². The number of para-hydroxylation sites is 1. The molecule has 0 saturated heterocycles. The van der Waals surface area contributed by atoms with E-state index in [9.17, 15) is 27.6 Å². The van der Waals surface area contributed by atoms with E-state index in [4.69, 9.17) is 0 Å². The smallest absolute Gasteiger partial charge is 0.253 e. The van der Waals surface area contributed by atoms with E-state index in [0.717, 1.165) is 17.2 Å². The van der Waals surface area contributed by atoms with Crippen LogP contribution < -0.4 is 15.5 Å². The molecule has 1 aliphatic rings. The molecule has 0 bridgehead atoms. The Morgan fingerprint density at radius 3 is 2.37 bits per heavy atom. The highest BCUT2D eigenvalue weighted by atomic mass is 19.2. The molecule has 180 valence electrons. The summed E-state index contributed by atoms with van der Waals surface area (Å²) in [7, 11) is 1.61. The van der Waals surface area contributed by atoms with Gasteiger partial charge in [-0.15, -0.1) is 0 Å². The Bertz CT molecular complexity index is 1330. The van der Waals surface area contributed by atoms with E-state index in [0.29, 0.717) is 17.3 Å². The van der Waals surface area contributed by atoms with E-state index in [2.05, 4.69) is 10.6 Å². The normalized spacial score (nSPS) is 15.5. The molecule has 9 heteroatoms. The Morgan fingerprint density at radius 2 is 1.63 bits per heavy atom. The lowest BCUT2D eigenvalue weighted by atomic mass is 9.95. The van der Waals surface area contributed by atoms with Crippen LogP contribution in [-0.4, -0.2) is 24.8 Å². The van der Waals surface area contributed by atoms with Gasteiger partial charge in [-0.3, -0.25) is 14.4 Å². The average molecular weight is 481 g/mol. The molecule has 1 aliphatic heterocycles. The minimum Gasteiger partial charge on any atom is -0.351 e. The molecule has 0 fully saturated rings. The number of amides is 3. The van der Waals surface area contributed by atoms with Gasteiger partial charge in [-0.05, 0) is 30.2 Å². The molecule has 3 aromatic carbocycles. The number of hydrogen-bond donors (Lipinski definition) is 2. The number of rotatable bonds is 5. The number of benzene rings is 3. The third-order valence-corrected chi connectivity index (χ3v) is 6.00. The highest BCUT2D eigenvalue weighted by Crippen LogP contribution is 2.39. The zero-order valence-corrected chi connectivity index (χ0v) is 18.9. The molecular formula is C26H22F3N3O3. The molecule has 2 atom stereocenters. The van der Waals surface area contributed by atoms with Gasteiger partial charge in [0.1, 0.15) is 17.8 Å². The average Bonchev–Trinajstić information content (AvgIpc) is 2.94. The van der Waals surface area contributed by atoms with Crippen LogP contribution in [0.25, 0.3) is 11.1 Å². The molecule has 0 spiro atoms. The van der Waals surface area contributed by atoms with Crippen LogP contribution in [0.15, 0.2) is 60.7 Å². The largest absolute Gasteiger partial charge is 0.351 e. The quantitative estimate of drug-likeness (QED) is 0.429. The van der Waals surface area contributed by atoms with Crippen LogP contribution >= 0.6 is 0 Å². The molecule has 0 aliphatic carbocycles. The minimum atomic E-state index is -1.38. The fourth-order valence-electron chi connectivity index (χ4n) is 4.03. The lowest BCUT2D eigenvalue weighted by Gasteiger charge is -2.24. The number of carbonyl (C=O) groups is 3. The number of nitrogens with zero attached hydrogens (tertiary/aromatic N) is 1. The molecule has 0 saturated carbocycles. The van der Waals surface area contributed by atoms with Crippen LogP contribution in [-0.2, 0) is 20.9 Å². The first-order chi connectivity index (χ1) is 16.7. The maximum atomic E-state index is 13.9. The summed E-state index contributed by atoms with van der Waals surface area (Å²) in [6.45, 7) is 0.805. The Morgan fingerprint density at radius 1 is 0.971 bits per heavy atom. The second-order valence-corrected chi connectivity index (χ2v) is 8.24. The van der Waals surface area contributed by atoms with Crippen molar-refractivity contribution in [2.24, 2.45) is 5.92 Å². The molecule has 6 nitrogen and oxygen atoms in total. The monoisotopic (exact) mass is 481 g/mol. The number of hydrogen-bond acceptors (Lipinski definition) is 3. The first-order valence-electron chi connectivity index (χ1n) is 10.9. The van der Waals surface area contributed by atoms with Gasteiger partial charge in [0.05, 0.1) is 5.69 Å². The van der Waals surface area contributed by atoms with Gasteiger partial charge < -0.3 is 15.5 Å². The molecule has 3 amide bonds. The van der Waals surface area contributed by atoms with Gasteiger partial charge in [0.2, 0.25) is 11.8 Å². The van der Waals surface area contributed by atoms with Gasteiger partial charge >= 0.3 is 0 Å². The highest BCUT2D eigenvalue weighted by Gasteiger charge is 2.35. The fraction of sp³-hybridized carbons (Fsp3) is 0.192. The van der Waals surface area contributed by atoms with Crippen molar-refractivity contribution < 1.29 is 27.6 Å². The molecular weight excluding hydrogens is 459 g/mol. The molecule has 0 radical (unpaired) electrons. The van der Waals surface area contributed by atoms with Gasteiger partial charge in [-0.1, -0.05) is 42.5 Å². The van der Waals surface area contributed by atoms with Crippen molar-refractivity contribution in [3.63, 3.8) is 0 Å². The summed E-state index contributed by atoms with van der Waals surface area (Å²) in [5.41, 5.74) is 2.46. The zero-order valence-electron chi connectivity index (χ0n) is 18.9. The van der Waals surface area contributed by atoms with Crippen LogP contribution in [0.3, 0.4) is 0 Å². The first kappa shape index (κ1) is 24.0. The maximum absolute atomic E-state index is 13.9. The Labute approximate surface area is 199 Å². The molecule has 4 rings (SSSR count). The van der Waals surface area contributed by atoms with E-state index >= 15 is 0 Å². The van der Waals surface area contributed by atoms with Crippen molar-refractivity contribution in [3.05, 3.63) is 89.2 Å². The first-order valence-corrected chi connectivity index (χ1v) is 10.9. The van der Waals surface area contributed by atoms with E-state index in [-0.39, 0.29) is 5.91 Å². The molecule has 3 aromatic rings. The Hall–Kier alpha value is -4.14. The number of nitrogens with one attached hydrogen (secondary N) is 2. The lowest BCUT2D eigenvalue weighted by molar-refractivity contribution is -0.136. The number of carbonyl (C=O) groups excluding carboxylic acids is 3. The molecule has 2 N–H and O–H groups in total. The summed E-state index contributed by atoms with van der Waals surface area (Å²) in [6, 6.07) is 14.6. The predicted octanol–water partition coefficient (Wildman–Crippen LogP) is 3.86. The van der Waals surface area contributed by atoms with Gasteiger partial charge in [0, 0.05) is 30.8 Å². The Kier molecular flexibility index (Phi) is 6.59. The summed E-state index contributed by atoms with van der Waals surface area (Å²) in [6.07, 6.45) is 0. The van der Waals surface area contributed by atoms with Crippen molar-refractivity contribution >= 4 is 23.4 Å². The third kappa shape index (κ3) is 4.62. The zero-order chi connectivity index (χ0) is 25.3. The van der Waals surface area contributed by atoms with Crippen LogP contribution in [0, 0.1) is 23.4 Å². The standard InChI is InChI=1S/C26H22F3N3O3/c1-14(24(33)30-13-15-11-16(27)12-20(28)22(15)29)25(34)31-23-19-9-4-3-7-17(19)18-8-5-6-10-21(18)32(2)26(23)35/h3-12,14,23H,13H2,1-2H3,(H,30,33)(H,31,34)/t14-,23-/m0/s1. The molecule has 35 heavy (non-hydrogen) atoms. The number of likely N-dealkylation sites (N-methyl/N-ethyl adjacent to an activating group) is 1. The fourth-order valence-corrected chi connectivity index (χ4v) is 4.03. The minimum absolute atomic E-state index is 0.388. The molecule has 1 heterocycles. The molecule has 0 aromatic heterocycles. The topological polar surface area (TPSA) is 78.5 Å². The van der Waals surface area contributed by atoms with Crippen LogP contribution in [0.2, 0.25) is 0 Å². The van der Waals surface area contributed by atoms with Gasteiger partial charge in [0.15, 0.2) is 11.6 Å². The van der Waals surface area contributed by atoms with Crippen LogP contribution in [0.5, 0.6) is 0 Å². The van der Waals surface area contributed by atoms with E-state index in [1.165, 1.54) is 11.8 Å². The van der Waals surface area contributed by atoms with Gasteiger partial charge in [-0.25, -0.2) is 13.2 Å². The maximum Gasteiger partial charge on any atom is 0.253 e.